The van der Waals surface area contributed by atoms with Gasteiger partial charge in [-0.15, -0.1) is 0 Å². The van der Waals surface area contributed by atoms with Crippen molar-refractivity contribution < 1.29 is 14.3 Å². The Labute approximate surface area is 148 Å². The van der Waals surface area contributed by atoms with Gasteiger partial charge in [0.15, 0.2) is 6.61 Å². The molecule has 0 heterocycles. The van der Waals surface area contributed by atoms with Crippen molar-refractivity contribution in [3.05, 3.63) is 59.7 Å². The Bertz CT molecular complexity index is 724. The molecule has 0 saturated heterocycles. The predicted octanol–water partition coefficient (Wildman–Crippen LogP) is 3.03. The number of aryl methyl sites for hydroxylation is 2. The third-order valence-corrected chi connectivity index (χ3v) is 3.73. The van der Waals surface area contributed by atoms with E-state index in [2.05, 4.69) is 5.32 Å². The number of ether oxygens (including phenoxy) is 1. The first kappa shape index (κ1) is 18.5. The zero-order chi connectivity index (χ0) is 18.2. The highest BCUT2D eigenvalue weighted by Gasteiger charge is 2.07. The van der Waals surface area contributed by atoms with Crippen LogP contribution >= 0.6 is 0 Å². The van der Waals surface area contributed by atoms with Gasteiger partial charge in [-0.05, 0) is 43.2 Å². The standard InChI is InChI=1S/C20H24N2O3/c1-15-7-10-18(11-8-15)25-14-19(23)21-17-6-4-5-16(13-17)9-12-20(24)22(2)3/h4-8,10-11,13H,9,12,14H2,1-3H3,(H,21,23). The summed E-state index contributed by atoms with van der Waals surface area (Å²) in [5.74, 6) is 0.528. The number of benzene rings is 2. The molecule has 0 spiro atoms. The molecule has 0 aromatic heterocycles. The number of nitrogens with zero attached hydrogens (tertiary/aromatic N) is 1. The molecule has 0 aliphatic carbocycles. The number of carbonyl (C=O) groups is 2. The topological polar surface area (TPSA) is 58.6 Å². The van der Waals surface area contributed by atoms with Crippen LogP contribution in [0.4, 0.5) is 5.69 Å². The van der Waals surface area contributed by atoms with Gasteiger partial charge in [0, 0.05) is 26.2 Å². The highest BCUT2D eigenvalue weighted by Crippen LogP contribution is 2.14. The second-order valence-corrected chi connectivity index (χ2v) is 6.14. The summed E-state index contributed by atoms with van der Waals surface area (Å²) in [6.45, 7) is 1.95. The molecular formula is C20H24N2O3. The molecule has 0 unspecified atom stereocenters. The van der Waals surface area contributed by atoms with Gasteiger partial charge < -0.3 is 15.0 Å². The Kier molecular flexibility index (Phi) is 6.57. The third-order valence-electron chi connectivity index (χ3n) is 3.73. The van der Waals surface area contributed by atoms with Crippen molar-refractivity contribution in [3.63, 3.8) is 0 Å². The SMILES string of the molecule is Cc1ccc(OCC(=O)Nc2cccc(CCC(=O)N(C)C)c2)cc1. The van der Waals surface area contributed by atoms with Crippen molar-refractivity contribution >= 4 is 17.5 Å². The second kappa shape index (κ2) is 8.87. The Hall–Kier alpha value is -2.82. The van der Waals surface area contributed by atoms with Crippen molar-refractivity contribution in [2.75, 3.05) is 26.0 Å². The summed E-state index contributed by atoms with van der Waals surface area (Å²) in [6.07, 6.45) is 1.08. The maximum absolute atomic E-state index is 12.0. The first-order valence-corrected chi connectivity index (χ1v) is 8.22. The van der Waals surface area contributed by atoms with E-state index in [1.54, 1.807) is 19.0 Å². The summed E-state index contributed by atoms with van der Waals surface area (Å²) in [4.78, 5) is 25.3. The molecule has 0 radical (unpaired) electrons. The van der Waals surface area contributed by atoms with Gasteiger partial charge in [0.1, 0.15) is 5.75 Å². The molecule has 0 bridgehead atoms. The molecule has 0 fully saturated rings. The smallest absolute Gasteiger partial charge is 0.262 e. The number of hydrogen-bond donors (Lipinski definition) is 1. The summed E-state index contributed by atoms with van der Waals surface area (Å²) in [5.41, 5.74) is 2.85. The van der Waals surface area contributed by atoms with Crippen LogP contribution in [0.1, 0.15) is 17.5 Å². The van der Waals surface area contributed by atoms with Gasteiger partial charge in [0.25, 0.3) is 5.91 Å². The van der Waals surface area contributed by atoms with Gasteiger partial charge in [-0.2, -0.15) is 0 Å². The number of rotatable bonds is 7. The first-order chi connectivity index (χ1) is 11.9. The Balaban J connectivity index is 1.84. The Morgan fingerprint density at radius 3 is 2.48 bits per heavy atom. The molecule has 25 heavy (non-hydrogen) atoms. The zero-order valence-electron chi connectivity index (χ0n) is 14.9. The van der Waals surface area contributed by atoms with Crippen molar-refractivity contribution in [2.45, 2.75) is 19.8 Å². The van der Waals surface area contributed by atoms with Crippen LogP contribution < -0.4 is 10.1 Å². The van der Waals surface area contributed by atoms with Gasteiger partial charge in [0.2, 0.25) is 5.91 Å². The van der Waals surface area contributed by atoms with Crippen LogP contribution in [0.5, 0.6) is 5.75 Å². The average Bonchev–Trinajstić information content (AvgIpc) is 2.59. The van der Waals surface area contributed by atoms with Crippen LogP contribution in [-0.2, 0) is 16.0 Å². The van der Waals surface area contributed by atoms with Gasteiger partial charge in [-0.1, -0.05) is 29.8 Å². The number of amides is 2. The molecule has 5 nitrogen and oxygen atoms in total. The molecule has 1 N–H and O–H groups in total. The lowest BCUT2D eigenvalue weighted by Crippen LogP contribution is -2.22. The van der Waals surface area contributed by atoms with Crippen molar-refractivity contribution in [3.8, 4) is 5.75 Å². The van der Waals surface area contributed by atoms with Gasteiger partial charge in [0.05, 0.1) is 0 Å². The van der Waals surface area contributed by atoms with Gasteiger partial charge in [-0.25, -0.2) is 0 Å². The van der Waals surface area contributed by atoms with E-state index in [4.69, 9.17) is 4.74 Å². The van der Waals surface area contributed by atoms with Crippen molar-refractivity contribution in [2.24, 2.45) is 0 Å². The van der Waals surface area contributed by atoms with Crippen molar-refractivity contribution in [1.82, 2.24) is 4.90 Å². The van der Waals surface area contributed by atoms with Crippen LogP contribution in [0.2, 0.25) is 0 Å². The third kappa shape index (κ3) is 6.30. The monoisotopic (exact) mass is 340 g/mol. The van der Waals surface area contributed by atoms with Crippen LogP contribution in [0.25, 0.3) is 0 Å². The number of anilines is 1. The Morgan fingerprint density at radius 2 is 1.80 bits per heavy atom. The second-order valence-electron chi connectivity index (χ2n) is 6.14. The minimum absolute atomic E-state index is 0.0492. The van der Waals surface area contributed by atoms with Crippen LogP contribution in [0.3, 0.4) is 0 Å². The van der Waals surface area contributed by atoms with E-state index >= 15 is 0 Å². The average molecular weight is 340 g/mol. The normalized spacial score (nSPS) is 10.2. The summed E-state index contributed by atoms with van der Waals surface area (Å²) in [6, 6.07) is 15.1. The van der Waals surface area contributed by atoms with E-state index in [0.717, 1.165) is 11.1 Å². The molecule has 2 aromatic rings. The number of nitrogens with one attached hydrogen (secondary N) is 1. The lowest BCUT2D eigenvalue weighted by atomic mass is 10.1. The summed E-state index contributed by atoms with van der Waals surface area (Å²) >= 11 is 0. The van der Waals surface area contributed by atoms with E-state index in [0.29, 0.717) is 24.3 Å². The molecule has 132 valence electrons. The molecule has 0 aliphatic rings. The lowest BCUT2D eigenvalue weighted by Gasteiger charge is -2.11. The molecule has 2 rings (SSSR count). The minimum Gasteiger partial charge on any atom is -0.484 e. The molecule has 0 atom stereocenters. The summed E-state index contributed by atoms with van der Waals surface area (Å²) in [7, 11) is 3.49. The fourth-order valence-electron chi connectivity index (χ4n) is 2.26. The molecule has 2 aromatic carbocycles. The first-order valence-electron chi connectivity index (χ1n) is 8.22. The lowest BCUT2D eigenvalue weighted by molar-refractivity contribution is -0.128. The Morgan fingerprint density at radius 1 is 1.08 bits per heavy atom. The molecule has 2 amide bonds. The largest absolute Gasteiger partial charge is 0.484 e. The number of hydrogen-bond acceptors (Lipinski definition) is 3. The number of carbonyl (C=O) groups excluding carboxylic acids is 2. The van der Waals surface area contributed by atoms with E-state index in [9.17, 15) is 9.59 Å². The molecule has 5 heteroatoms. The highest BCUT2D eigenvalue weighted by molar-refractivity contribution is 5.92. The predicted molar refractivity (Wildman–Crippen MR) is 98.8 cm³/mol. The summed E-state index contributed by atoms with van der Waals surface area (Å²) in [5, 5.41) is 2.82. The van der Waals surface area contributed by atoms with E-state index in [1.807, 2.05) is 55.5 Å². The molecular weight excluding hydrogens is 316 g/mol. The van der Waals surface area contributed by atoms with E-state index in [1.165, 1.54) is 0 Å². The molecule has 0 aliphatic heterocycles. The fraction of sp³-hybridized carbons (Fsp3) is 0.300. The van der Waals surface area contributed by atoms with Crippen LogP contribution in [0.15, 0.2) is 48.5 Å². The molecule has 0 saturated carbocycles. The summed E-state index contributed by atoms with van der Waals surface area (Å²) < 4.78 is 5.47. The van der Waals surface area contributed by atoms with E-state index in [-0.39, 0.29) is 18.4 Å². The van der Waals surface area contributed by atoms with Crippen LogP contribution in [0, 0.1) is 6.92 Å². The maximum atomic E-state index is 12.0. The van der Waals surface area contributed by atoms with Gasteiger partial charge >= 0.3 is 0 Å². The van der Waals surface area contributed by atoms with Crippen LogP contribution in [-0.4, -0.2) is 37.4 Å². The zero-order valence-corrected chi connectivity index (χ0v) is 14.9. The van der Waals surface area contributed by atoms with Gasteiger partial charge in [-0.3, -0.25) is 9.59 Å². The highest BCUT2D eigenvalue weighted by atomic mass is 16.5. The van der Waals surface area contributed by atoms with Crippen molar-refractivity contribution in [1.29, 1.82) is 0 Å². The minimum atomic E-state index is -0.220. The fourth-order valence-corrected chi connectivity index (χ4v) is 2.26. The maximum Gasteiger partial charge on any atom is 0.262 e. The quantitative estimate of drug-likeness (QED) is 0.843. The van der Waals surface area contributed by atoms with E-state index < -0.39 is 0 Å².